The first-order chi connectivity index (χ1) is 9.83. The highest BCUT2D eigenvalue weighted by Gasteiger charge is 2.28. The van der Waals surface area contributed by atoms with Gasteiger partial charge in [-0.15, -0.1) is 24.8 Å². The van der Waals surface area contributed by atoms with E-state index in [2.05, 4.69) is 15.1 Å². The Kier molecular flexibility index (Phi) is 9.02. The summed E-state index contributed by atoms with van der Waals surface area (Å²) < 4.78 is 5.43. The molecular formula is C15H29Cl2N3O2. The van der Waals surface area contributed by atoms with Gasteiger partial charge < -0.3 is 15.0 Å². The van der Waals surface area contributed by atoms with Crippen molar-refractivity contribution in [3.05, 3.63) is 0 Å². The molecule has 130 valence electrons. The van der Waals surface area contributed by atoms with Gasteiger partial charge in [-0.05, 0) is 32.2 Å². The van der Waals surface area contributed by atoms with E-state index in [4.69, 9.17) is 4.74 Å². The molecule has 1 atom stereocenters. The van der Waals surface area contributed by atoms with Crippen LogP contribution < -0.4 is 5.32 Å². The molecule has 0 bridgehead atoms. The number of amides is 1. The lowest BCUT2D eigenvalue weighted by atomic mass is 10.1. The van der Waals surface area contributed by atoms with E-state index in [0.29, 0.717) is 24.4 Å². The molecule has 3 aliphatic rings. The molecule has 0 aromatic heterocycles. The first-order valence-electron chi connectivity index (χ1n) is 8.16. The maximum atomic E-state index is 12.3. The van der Waals surface area contributed by atoms with Gasteiger partial charge in [0.05, 0.1) is 0 Å². The van der Waals surface area contributed by atoms with Crippen molar-refractivity contribution in [3.8, 4) is 0 Å². The van der Waals surface area contributed by atoms with Crippen LogP contribution in [-0.4, -0.2) is 73.7 Å². The van der Waals surface area contributed by atoms with E-state index >= 15 is 0 Å². The molecule has 0 radical (unpaired) electrons. The van der Waals surface area contributed by atoms with E-state index in [9.17, 15) is 4.79 Å². The first kappa shape index (κ1) is 20.0. The quantitative estimate of drug-likeness (QED) is 0.830. The Balaban J connectivity index is 0.00000121. The Hall–Kier alpha value is -0.0700. The Bertz CT molecular complexity index is 327. The molecule has 3 fully saturated rings. The number of halogens is 2. The summed E-state index contributed by atoms with van der Waals surface area (Å²) in [5.41, 5.74) is 0. The van der Waals surface area contributed by atoms with E-state index in [1.165, 1.54) is 6.42 Å². The third-order valence-electron chi connectivity index (χ3n) is 4.96. The third kappa shape index (κ3) is 5.24. The molecule has 0 saturated carbocycles. The zero-order chi connectivity index (χ0) is 13.8. The minimum absolute atomic E-state index is 0. The zero-order valence-corrected chi connectivity index (χ0v) is 14.8. The Labute approximate surface area is 145 Å². The summed E-state index contributed by atoms with van der Waals surface area (Å²) in [7, 11) is 0. The number of piperazine rings is 1. The number of rotatable bonds is 3. The normalized spacial score (nSPS) is 27.1. The third-order valence-corrected chi connectivity index (χ3v) is 4.96. The van der Waals surface area contributed by atoms with Crippen molar-refractivity contribution in [1.82, 2.24) is 15.1 Å². The smallest absolute Gasteiger partial charge is 0.224 e. The average Bonchev–Trinajstić information content (AvgIpc) is 3.01. The van der Waals surface area contributed by atoms with E-state index in [-0.39, 0.29) is 24.8 Å². The van der Waals surface area contributed by atoms with Crippen LogP contribution in [0.3, 0.4) is 0 Å². The summed E-state index contributed by atoms with van der Waals surface area (Å²) in [5.74, 6) is 0.344. The highest BCUT2D eigenvalue weighted by Crippen LogP contribution is 2.17. The van der Waals surface area contributed by atoms with Crippen molar-refractivity contribution in [1.29, 1.82) is 0 Å². The van der Waals surface area contributed by atoms with Crippen LogP contribution in [0.1, 0.15) is 32.1 Å². The molecule has 7 heteroatoms. The lowest BCUT2D eigenvalue weighted by molar-refractivity contribution is -0.134. The van der Waals surface area contributed by atoms with Gasteiger partial charge in [-0.2, -0.15) is 0 Å². The minimum Gasteiger partial charge on any atom is -0.381 e. The van der Waals surface area contributed by atoms with Crippen molar-refractivity contribution >= 4 is 30.7 Å². The van der Waals surface area contributed by atoms with E-state index in [0.717, 1.165) is 65.2 Å². The summed E-state index contributed by atoms with van der Waals surface area (Å²) in [6, 6.07) is 1.11. The lowest BCUT2D eigenvalue weighted by Gasteiger charge is -2.40. The molecule has 0 aromatic rings. The fourth-order valence-electron chi connectivity index (χ4n) is 3.66. The molecule has 1 amide bonds. The summed E-state index contributed by atoms with van der Waals surface area (Å²) in [4.78, 5) is 16.9. The highest BCUT2D eigenvalue weighted by atomic mass is 35.5. The van der Waals surface area contributed by atoms with E-state index in [1.54, 1.807) is 0 Å². The van der Waals surface area contributed by atoms with Gasteiger partial charge in [0.15, 0.2) is 0 Å². The zero-order valence-electron chi connectivity index (χ0n) is 13.2. The Morgan fingerprint density at radius 1 is 1.05 bits per heavy atom. The Morgan fingerprint density at radius 2 is 1.73 bits per heavy atom. The molecule has 22 heavy (non-hydrogen) atoms. The monoisotopic (exact) mass is 353 g/mol. The molecule has 3 saturated heterocycles. The second kappa shape index (κ2) is 9.93. The van der Waals surface area contributed by atoms with Crippen LogP contribution in [0.15, 0.2) is 0 Å². The number of carbonyl (C=O) groups excluding carboxylic acids is 1. The molecule has 0 spiro atoms. The van der Waals surface area contributed by atoms with Gasteiger partial charge >= 0.3 is 0 Å². The van der Waals surface area contributed by atoms with Crippen molar-refractivity contribution in [2.45, 2.75) is 44.2 Å². The lowest BCUT2D eigenvalue weighted by Crippen LogP contribution is -2.53. The minimum atomic E-state index is 0. The molecular weight excluding hydrogens is 325 g/mol. The average molecular weight is 354 g/mol. The summed E-state index contributed by atoms with van der Waals surface area (Å²) in [5, 5.41) is 3.42. The van der Waals surface area contributed by atoms with Gasteiger partial charge in [0.2, 0.25) is 5.91 Å². The van der Waals surface area contributed by atoms with Crippen molar-refractivity contribution < 1.29 is 9.53 Å². The molecule has 1 unspecified atom stereocenters. The SMILES string of the molecule is Cl.Cl.O=C(CC1CCCN1)N1CCN(C2CCOCC2)CC1. The van der Waals surface area contributed by atoms with Crippen molar-refractivity contribution in [3.63, 3.8) is 0 Å². The van der Waals surface area contributed by atoms with Gasteiger partial charge in [0, 0.05) is 57.9 Å². The van der Waals surface area contributed by atoms with Crippen LogP contribution in [0.25, 0.3) is 0 Å². The molecule has 3 rings (SSSR count). The van der Waals surface area contributed by atoms with Gasteiger partial charge in [-0.3, -0.25) is 9.69 Å². The van der Waals surface area contributed by atoms with Crippen LogP contribution in [-0.2, 0) is 9.53 Å². The van der Waals surface area contributed by atoms with Crippen molar-refractivity contribution in [2.24, 2.45) is 0 Å². The van der Waals surface area contributed by atoms with Gasteiger partial charge in [0.25, 0.3) is 0 Å². The van der Waals surface area contributed by atoms with Gasteiger partial charge in [-0.25, -0.2) is 0 Å². The molecule has 5 nitrogen and oxygen atoms in total. The fraction of sp³-hybridized carbons (Fsp3) is 0.933. The van der Waals surface area contributed by atoms with Crippen LogP contribution in [0, 0.1) is 0 Å². The van der Waals surface area contributed by atoms with E-state index in [1.807, 2.05) is 0 Å². The van der Waals surface area contributed by atoms with Gasteiger partial charge in [-0.1, -0.05) is 0 Å². The summed E-state index contributed by atoms with van der Waals surface area (Å²) in [6.45, 7) is 6.76. The second-order valence-corrected chi connectivity index (χ2v) is 6.26. The number of carbonyl (C=O) groups is 1. The maximum absolute atomic E-state index is 12.3. The van der Waals surface area contributed by atoms with Crippen molar-refractivity contribution in [2.75, 3.05) is 45.9 Å². The molecule has 3 heterocycles. The molecule has 1 N–H and O–H groups in total. The number of hydrogen-bond acceptors (Lipinski definition) is 4. The first-order valence-corrected chi connectivity index (χ1v) is 8.16. The molecule has 0 aromatic carbocycles. The second-order valence-electron chi connectivity index (χ2n) is 6.26. The van der Waals surface area contributed by atoms with E-state index < -0.39 is 0 Å². The van der Waals surface area contributed by atoms with Crippen LogP contribution >= 0.6 is 24.8 Å². The molecule has 0 aliphatic carbocycles. The summed E-state index contributed by atoms with van der Waals surface area (Å²) in [6.07, 6.45) is 5.38. The van der Waals surface area contributed by atoms with Crippen LogP contribution in [0.5, 0.6) is 0 Å². The largest absolute Gasteiger partial charge is 0.381 e. The predicted octanol–water partition coefficient (Wildman–Crippen LogP) is 1.30. The summed E-state index contributed by atoms with van der Waals surface area (Å²) >= 11 is 0. The standard InChI is InChI=1S/C15H27N3O2.2ClH/c19-15(12-13-2-1-5-16-13)18-8-6-17(7-9-18)14-3-10-20-11-4-14;;/h13-14,16H,1-12H2;2*1H. The Morgan fingerprint density at radius 3 is 2.32 bits per heavy atom. The topological polar surface area (TPSA) is 44.8 Å². The van der Waals surface area contributed by atoms with Crippen LogP contribution in [0.4, 0.5) is 0 Å². The highest BCUT2D eigenvalue weighted by molar-refractivity contribution is 5.85. The number of nitrogens with zero attached hydrogens (tertiary/aromatic N) is 2. The van der Waals surface area contributed by atoms with Gasteiger partial charge in [0.1, 0.15) is 0 Å². The fourth-order valence-corrected chi connectivity index (χ4v) is 3.66. The molecule has 3 aliphatic heterocycles. The maximum Gasteiger partial charge on any atom is 0.224 e. The van der Waals surface area contributed by atoms with Crippen LogP contribution in [0.2, 0.25) is 0 Å². The number of nitrogens with one attached hydrogen (secondary N) is 1. The number of hydrogen-bond donors (Lipinski definition) is 1. The predicted molar refractivity (Wildman–Crippen MR) is 92.1 cm³/mol. The number of ether oxygens (including phenoxy) is 1.